The molecule has 5 nitrogen and oxygen atoms in total. The summed E-state index contributed by atoms with van der Waals surface area (Å²) < 4.78 is 29.2. The van der Waals surface area contributed by atoms with Crippen LogP contribution in [0.25, 0.3) is 10.1 Å². The van der Waals surface area contributed by atoms with Gasteiger partial charge < -0.3 is 14.2 Å². The number of carbonyl (C=O) groups is 1. The maximum atomic E-state index is 13.8. The Bertz CT molecular complexity index is 745. The van der Waals surface area contributed by atoms with Crippen LogP contribution in [0.1, 0.15) is 32.8 Å². The zero-order chi connectivity index (χ0) is 19.4. The molecule has 2 rings (SSSR count). The molecule has 0 atom stereocenters. The number of rotatable bonds is 9. The number of hydrogen-bond donors (Lipinski definition) is 0. The predicted octanol–water partition coefficient (Wildman–Crippen LogP) is 3.95. The van der Waals surface area contributed by atoms with E-state index in [0.29, 0.717) is 48.7 Å². The fourth-order valence-electron chi connectivity index (χ4n) is 2.13. The van der Waals surface area contributed by atoms with Crippen LogP contribution >= 0.6 is 11.3 Å². The van der Waals surface area contributed by atoms with E-state index in [4.69, 9.17) is 9.47 Å². The first-order chi connectivity index (χ1) is 12.6. The van der Waals surface area contributed by atoms with Crippen LogP contribution in [0.4, 0.5) is 4.39 Å². The van der Waals surface area contributed by atoms with E-state index in [2.05, 4.69) is 18.6 Å². The molecular weight excluding hydrogens is 359 g/mol. The molecule has 144 valence electrons. The number of ether oxygens (including phenoxy) is 3. The lowest BCUT2D eigenvalue weighted by atomic mass is 10.1. The lowest BCUT2D eigenvalue weighted by Crippen LogP contribution is -2.10. The molecule has 0 radical (unpaired) electrons. The van der Waals surface area contributed by atoms with Gasteiger partial charge in [-0.2, -0.15) is 0 Å². The molecule has 0 aliphatic heterocycles. The van der Waals surface area contributed by atoms with E-state index in [1.54, 1.807) is 18.2 Å². The van der Waals surface area contributed by atoms with Crippen molar-refractivity contribution >= 4 is 27.9 Å². The smallest absolute Gasteiger partial charge is 0.293 e. The summed E-state index contributed by atoms with van der Waals surface area (Å²) in [6, 6.07) is 5.24. The second kappa shape index (κ2) is 12.4. The first kappa shape index (κ1) is 22.1. The standard InChI is InChI=1S/C16H17FO5S.C3H8/c1-2-12-13-4-3-11(9-14(13)23-16(19)15(12)17)22-8-7-20-5-6-21-10-18;1-3-2/h3-4,9-10H,2,5-8H2,1H3;3H2,1-2H3. The minimum atomic E-state index is -0.662. The Kier molecular flexibility index (Phi) is 10.5. The lowest BCUT2D eigenvalue weighted by Gasteiger charge is -2.09. The van der Waals surface area contributed by atoms with Gasteiger partial charge in [-0.05, 0) is 30.0 Å². The molecule has 1 aromatic heterocycles. The van der Waals surface area contributed by atoms with Crippen molar-refractivity contribution in [3.8, 4) is 5.75 Å². The van der Waals surface area contributed by atoms with Gasteiger partial charge in [0.05, 0.1) is 13.2 Å². The second-order valence-corrected chi connectivity index (χ2v) is 6.34. The first-order valence-corrected chi connectivity index (χ1v) is 9.41. The minimum Gasteiger partial charge on any atom is -0.491 e. The van der Waals surface area contributed by atoms with E-state index in [0.717, 1.165) is 16.7 Å². The summed E-state index contributed by atoms with van der Waals surface area (Å²) >= 11 is 0.873. The average molecular weight is 384 g/mol. The fraction of sp³-hybridized carbons (Fsp3) is 0.474. The van der Waals surface area contributed by atoms with Crippen LogP contribution in [0.3, 0.4) is 0 Å². The van der Waals surface area contributed by atoms with E-state index in [-0.39, 0.29) is 6.61 Å². The molecule has 26 heavy (non-hydrogen) atoms. The fourth-order valence-corrected chi connectivity index (χ4v) is 3.02. The SMILES string of the molecule is CCC.CCc1c(F)c(=O)sc2cc(OCCOCCOC=O)ccc12. The Morgan fingerprint density at radius 3 is 2.46 bits per heavy atom. The Morgan fingerprint density at radius 1 is 1.12 bits per heavy atom. The zero-order valence-electron chi connectivity index (χ0n) is 15.4. The third-order valence-electron chi connectivity index (χ3n) is 3.19. The minimum absolute atomic E-state index is 0.207. The van der Waals surface area contributed by atoms with Crippen LogP contribution in [0, 0.1) is 5.82 Å². The molecule has 0 fully saturated rings. The Morgan fingerprint density at radius 2 is 1.81 bits per heavy atom. The van der Waals surface area contributed by atoms with Crippen LogP contribution < -0.4 is 9.48 Å². The largest absolute Gasteiger partial charge is 0.491 e. The predicted molar refractivity (Wildman–Crippen MR) is 102 cm³/mol. The van der Waals surface area contributed by atoms with Crippen molar-refractivity contribution in [2.24, 2.45) is 0 Å². The highest BCUT2D eigenvalue weighted by Gasteiger charge is 2.11. The molecule has 1 heterocycles. The molecule has 0 unspecified atom stereocenters. The van der Waals surface area contributed by atoms with E-state index >= 15 is 0 Å². The van der Waals surface area contributed by atoms with E-state index in [1.165, 1.54) is 6.42 Å². The Labute approximate surface area is 156 Å². The average Bonchev–Trinajstić information content (AvgIpc) is 2.63. The van der Waals surface area contributed by atoms with Crippen LogP contribution in [0.2, 0.25) is 0 Å². The van der Waals surface area contributed by atoms with Crippen LogP contribution in [-0.4, -0.2) is 32.9 Å². The summed E-state index contributed by atoms with van der Waals surface area (Å²) in [7, 11) is 0. The quantitative estimate of drug-likeness (QED) is 0.484. The van der Waals surface area contributed by atoms with Crippen molar-refractivity contribution in [2.45, 2.75) is 33.6 Å². The highest BCUT2D eigenvalue weighted by atomic mass is 32.1. The molecule has 0 saturated carbocycles. The topological polar surface area (TPSA) is 61.8 Å². The Balaban J connectivity index is 0.00000105. The molecule has 0 amide bonds. The van der Waals surface area contributed by atoms with Gasteiger partial charge in [0.25, 0.3) is 11.2 Å². The molecule has 0 bridgehead atoms. The van der Waals surface area contributed by atoms with E-state index in [9.17, 15) is 14.0 Å². The number of carbonyl (C=O) groups excluding carboxylic acids is 1. The molecule has 2 aromatic rings. The number of fused-ring (bicyclic) bond motifs is 1. The van der Waals surface area contributed by atoms with Gasteiger partial charge in [0.15, 0.2) is 5.82 Å². The number of hydrogen-bond acceptors (Lipinski definition) is 6. The summed E-state index contributed by atoms with van der Waals surface area (Å²) in [5.74, 6) is -0.0702. The van der Waals surface area contributed by atoms with E-state index in [1.807, 2.05) is 6.92 Å². The molecule has 1 aromatic carbocycles. The molecule has 7 heteroatoms. The van der Waals surface area contributed by atoms with Gasteiger partial charge in [0.2, 0.25) is 0 Å². The van der Waals surface area contributed by atoms with Crippen LogP contribution in [0.5, 0.6) is 5.75 Å². The van der Waals surface area contributed by atoms with Crippen molar-refractivity contribution in [3.63, 3.8) is 0 Å². The van der Waals surface area contributed by atoms with Crippen LogP contribution in [0.15, 0.2) is 23.0 Å². The van der Waals surface area contributed by atoms with Crippen molar-refractivity contribution in [2.75, 3.05) is 26.4 Å². The molecule has 0 spiro atoms. The normalized spacial score (nSPS) is 10.2. The maximum absolute atomic E-state index is 13.8. The lowest BCUT2D eigenvalue weighted by molar-refractivity contribution is -0.130. The second-order valence-electron chi connectivity index (χ2n) is 5.33. The summed E-state index contributed by atoms with van der Waals surface area (Å²) in [6.45, 7) is 7.62. The van der Waals surface area contributed by atoms with Gasteiger partial charge in [0.1, 0.15) is 19.0 Å². The summed E-state index contributed by atoms with van der Waals surface area (Å²) in [6.07, 6.45) is 1.71. The maximum Gasteiger partial charge on any atom is 0.293 e. The molecular formula is C19H25FO5S. The third kappa shape index (κ3) is 6.72. The first-order valence-electron chi connectivity index (χ1n) is 8.59. The van der Waals surface area contributed by atoms with Gasteiger partial charge in [-0.1, -0.05) is 38.5 Å². The molecule has 0 aliphatic carbocycles. The van der Waals surface area contributed by atoms with Crippen LogP contribution in [-0.2, 0) is 20.7 Å². The number of benzene rings is 1. The summed E-state index contributed by atoms with van der Waals surface area (Å²) in [4.78, 5) is 21.6. The number of aryl methyl sites for hydroxylation is 1. The van der Waals surface area contributed by atoms with Gasteiger partial charge in [-0.15, -0.1) is 0 Å². The molecule has 0 saturated heterocycles. The van der Waals surface area contributed by atoms with Crippen molar-refractivity contribution in [1.82, 2.24) is 0 Å². The van der Waals surface area contributed by atoms with Gasteiger partial charge in [-0.3, -0.25) is 9.59 Å². The monoisotopic (exact) mass is 384 g/mol. The molecule has 0 N–H and O–H groups in total. The summed E-state index contributed by atoms with van der Waals surface area (Å²) in [5.41, 5.74) is 0.439. The third-order valence-corrected chi connectivity index (χ3v) is 4.11. The van der Waals surface area contributed by atoms with Gasteiger partial charge >= 0.3 is 0 Å². The van der Waals surface area contributed by atoms with E-state index < -0.39 is 10.6 Å². The highest BCUT2D eigenvalue weighted by Crippen LogP contribution is 2.27. The molecule has 0 aliphatic rings. The summed E-state index contributed by atoms with van der Waals surface area (Å²) in [5, 5.41) is 0.740. The van der Waals surface area contributed by atoms with Gasteiger partial charge in [-0.25, -0.2) is 4.39 Å². The van der Waals surface area contributed by atoms with Crippen molar-refractivity contribution in [3.05, 3.63) is 39.1 Å². The van der Waals surface area contributed by atoms with Crippen molar-refractivity contribution in [1.29, 1.82) is 0 Å². The zero-order valence-corrected chi connectivity index (χ0v) is 16.2. The number of halogens is 1. The highest BCUT2D eigenvalue weighted by molar-refractivity contribution is 7.16. The van der Waals surface area contributed by atoms with Crippen molar-refractivity contribution < 1.29 is 23.4 Å². The Hall–Kier alpha value is -1.99. The van der Waals surface area contributed by atoms with Gasteiger partial charge in [0, 0.05) is 10.3 Å².